The molecule has 0 bridgehead atoms. The molecule has 0 spiro atoms. The molecule has 2 N–H and O–H groups in total. The normalized spacial score (nSPS) is 32.9. The Labute approximate surface area is 84.3 Å². The van der Waals surface area contributed by atoms with E-state index in [2.05, 4.69) is 25.2 Å². The molecule has 15 heavy (non-hydrogen) atoms. The highest BCUT2D eigenvalue weighted by molar-refractivity contribution is 5.91. The van der Waals surface area contributed by atoms with E-state index in [4.69, 9.17) is 16.3 Å². The van der Waals surface area contributed by atoms with Crippen LogP contribution in [0.1, 0.15) is 12.8 Å². The van der Waals surface area contributed by atoms with Crippen molar-refractivity contribution in [3.05, 3.63) is 20.9 Å². The minimum Gasteiger partial charge on any atom is -0.411 e. The van der Waals surface area contributed by atoms with Crippen LogP contribution in [0.2, 0.25) is 0 Å². The van der Waals surface area contributed by atoms with Gasteiger partial charge in [-0.3, -0.25) is 0 Å². The van der Waals surface area contributed by atoms with Gasteiger partial charge in [-0.05, 0) is 17.5 Å². The lowest BCUT2D eigenvalue weighted by Crippen LogP contribution is -2.41. The first kappa shape index (κ1) is 11.1. The lowest BCUT2D eigenvalue weighted by molar-refractivity contribution is 0.148. The van der Waals surface area contributed by atoms with E-state index >= 15 is 0 Å². The van der Waals surface area contributed by atoms with Gasteiger partial charge in [-0.25, -0.2) is 0 Å². The number of azide groups is 2. The standard InChI is InChI=1S/C6H9N7O2/c7-12-9-4-1-3(14)2-5(11-15)6(4)10-13-8/h3-4,6,14-15H,1-2H2/b11-5+. The van der Waals surface area contributed by atoms with Crippen LogP contribution in [0.25, 0.3) is 20.9 Å². The van der Waals surface area contributed by atoms with Crippen molar-refractivity contribution < 1.29 is 10.3 Å². The van der Waals surface area contributed by atoms with Gasteiger partial charge in [-0.15, -0.1) is 0 Å². The average Bonchev–Trinajstić information content (AvgIpc) is 2.22. The molecule has 1 fully saturated rings. The molecule has 0 aromatic carbocycles. The highest BCUT2D eigenvalue weighted by Crippen LogP contribution is 2.23. The summed E-state index contributed by atoms with van der Waals surface area (Å²) >= 11 is 0. The van der Waals surface area contributed by atoms with Gasteiger partial charge in [-0.1, -0.05) is 15.4 Å². The molecule has 3 unspecified atom stereocenters. The Morgan fingerprint density at radius 1 is 1.27 bits per heavy atom. The van der Waals surface area contributed by atoms with Gasteiger partial charge in [0.15, 0.2) is 0 Å². The van der Waals surface area contributed by atoms with Crippen LogP contribution in [0.4, 0.5) is 0 Å². The fourth-order valence-corrected chi connectivity index (χ4v) is 1.55. The van der Waals surface area contributed by atoms with E-state index in [1.54, 1.807) is 0 Å². The predicted octanol–water partition coefficient (Wildman–Crippen LogP) is 1.33. The van der Waals surface area contributed by atoms with Gasteiger partial charge in [-0.2, -0.15) is 0 Å². The number of hydrogen-bond donors (Lipinski definition) is 2. The lowest BCUT2D eigenvalue weighted by atomic mass is 9.87. The second-order valence-electron chi connectivity index (χ2n) is 3.11. The zero-order valence-corrected chi connectivity index (χ0v) is 7.67. The summed E-state index contributed by atoms with van der Waals surface area (Å²) < 4.78 is 0. The molecule has 1 aliphatic rings. The van der Waals surface area contributed by atoms with E-state index in [1.165, 1.54) is 0 Å². The lowest BCUT2D eigenvalue weighted by Gasteiger charge is -2.28. The van der Waals surface area contributed by atoms with Crippen LogP contribution in [0, 0.1) is 0 Å². The molecule has 0 saturated heterocycles. The third kappa shape index (κ3) is 2.50. The molecular weight excluding hydrogens is 202 g/mol. The average molecular weight is 211 g/mol. The topological polar surface area (TPSA) is 150 Å². The van der Waals surface area contributed by atoms with E-state index in [-0.39, 0.29) is 18.6 Å². The number of hydrogen-bond acceptors (Lipinski definition) is 5. The maximum Gasteiger partial charge on any atom is 0.0877 e. The Morgan fingerprint density at radius 3 is 2.47 bits per heavy atom. The number of aliphatic hydroxyl groups excluding tert-OH is 1. The Balaban J connectivity index is 3.00. The smallest absolute Gasteiger partial charge is 0.0877 e. The molecule has 0 aromatic heterocycles. The molecule has 1 rings (SSSR count). The number of rotatable bonds is 2. The zero-order chi connectivity index (χ0) is 11.3. The molecule has 80 valence electrons. The summed E-state index contributed by atoms with van der Waals surface area (Å²) in [4.78, 5) is 5.17. The summed E-state index contributed by atoms with van der Waals surface area (Å²) in [5.74, 6) is 0. The van der Waals surface area contributed by atoms with Crippen molar-refractivity contribution in [3.8, 4) is 0 Å². The van der Waals surface area contributed by atoms with Crippen LogP contribution in [-0.2, 0) is 0 Å². The fourth-order valence-electron chi connectivity index (χ4n) is 1.55. The van der Waals surface area contributed by atoms with Crippen LogP contribution < -0.4 is 0 Å². The van der Waals surface area contributed by atoms with E-state index in [0.717, 1.165) is 0 Å². The van der Waals surface area contributed by atoms with Gasteiger partial charge in [0, 0.05) is 16.2 Å². The molecule has 0 heterocycles. The second kappa shape index (κ2) is 5.06. The minimum absolute atomic E-state index is 0.109. The van der Waals surface area contributed by atoms with Crippen molar-refractivity contribution in [1.29, 1.82) is 0 Å². The van der Waals surface area contributed by atoms with Gasteiger partial charge < -0.3 is 10.3 Å². The van der Waals surface area contributed by atoms with Crippen LogP contribution in [0.3, 0.4) is 0 Å². The van der Waals surface area contributed by atoms with Gasteiger partial charge in [0.25, 0.3) is 0 Å². The highest BCUT2D eigenvalue weighted by Gasteiger charge is 2.33. The third-order valence-electron chi connectivity index (χ3n) is 2.17. The first-order chi connectivity index (χ1) is 7.22. The molecule has 1 aliphatic carbocycles. The summed E-state index contributed by atoms with van der Waals surface area (Å²) in [6, 6.07) is -1.53. The Morgan fingerprint density at radius 2 is 1.93 bits per heavy atom. The molecule has 9 heteroatoms. The van der Waals surface area contributed by atoms with Crippen molar-refractivity contribution in [2.24, 2.45) is 15.4 Å². The summed E-state index contributed by atoms with van der Waals surface area (Å²) in [6.07, 6.45) is -0.457. The molecule has 0 aliphatic heterocycles. The maximum atomic E-state index is 9.38. The monoisotopic (exact) mass is 211 g/mol. The van der Waals surface area contributed by atoms with Crippen molar-refractivity contribution in [2.75, 3.05) is 0 Å². The van der Waals surface area contributed by atoms with Crippen LogP contribution in [-0.4, -0.2) is 34.2 Å². The summed E-state index contributed by atoms with van der Waals surface area (Å²) in [6.45, 7) is 0. The molecule has 1 saturated carbocycles. The number of aliphatic hydroxyl groups is 1. The SMILES string of the molecule is [N-]=[N+]=NC1CC(O)C/C(=N\O)C1N=[N+]=[N-]. The van der Waals surface area contributed by atoms with Gasteiger partial charge >= 0.3 is 0 Å². The number of oxime groups is 1. The Hall–Kier alpha value is -1.95. The Kier molecular flexibility index (Phi) is 3.75. The Bertz CT molecular complexity index is 354. The molecule has 0 amide bonds. The second-order valence-corrected chi connectivity index (χ2v) is 3.11. The largest absolute Gasteiger partial charge is 0.411 e. The zero-order valence-electron chi connectivity index (χ0n) is 7.67. The summed E-state index contributed by atoms with van der Waals surface area (Å²) in [7, 11) is 0. The van der Waals surface area contributed by atoms with Gasteiger partial charge in [0.2, 0.25) is 0 Å². The number of nitrogens with zero attached hydrogens (tertiary/aromatic N) is 7. The molecule has 3 atom stereocenters. The highest BCUT2D eigenvalue weighted by atomic mass is 16.4. The van der Waals surface area contributed by atoms with Crippen LogP contribution in [0.5, 0.6) is 0 Å². The van der Waals surface area contributed by atoms with Crippen molar-refractivity contribution in [2.45, 2.75) is 31.0 Å². The molecular formula is C6H9N7O2. The first-order valence-electron chi connectivity index (χ1n) is 4.20. The molecule has 0 aromatic rings. The molecule has 0 radical (unpaired) electrons. The van der Waals surface area contributed by atoms with Gasteiger partial charge in [0.05, 0.1) is 23.9 Å². The van der Waals surface area contributed by atoms with Crippen molar-refractivity contribution in [1.82, 2.24) is 0 Å². The quantitative estimate of drug-likeness (QED) is 0.233. The van der Waals surface area contributed by atoms with Crippen LogP contribution in [0.15, 0.2) is 15.4 Å². The summed E-state index contributed by atoms with van der Waals surface area (Å²) in [5.41, 5.74) is 16.7. The predicted molar refractivity (Wildman–Crippen MR) is 50.3 cm³/mol. The molecule has 9 nitrogen and oxygen atoms in total. The van der Waals surface area contributed by atoms with E-state index < -0.39 is 18.2 Å². The fraction of sp³-hybridized carbons (Fsp3) is 0.833. The minimum atomic E-state index is -0.820. The van der Waals surface area contributed by atoms with E-state index in [1.807, 2.05) is 0 Å². The first-order valence-corrected chi connectivity index (χ1v) is 4.20. The summed E-state index contributed by atoms with van der Waals surface area (Å²) in [5, 5.41) is 27.8. The van der Waals surface area contributed by atoms with Crippen LogP contribution >= 0.6 is 0 Å². The van der Waals surface area contributed by atoms with Crippen molar-refractivity contribution >= 4 is 5.71 Å². The van der Waals surface area contributed by atoms with E-state index in [0.29, 0.717) is 0 Å². The van der Waals surface area contributed by atoms with Crippen molar-refractivity contribution in [3.63, 3.8) is 0 Å². The maximum absolute atomic E-state index is 9.38. The third-order valence-corrected chi connectivity index (χ3v) is 2.17. The van der Waals surface area contributed by atoms with E-state index in [9.17, 15) is 5.11 Å². The van der Waals surface area contributed by atoms with Gasteiger partial charge in [0.1, 0.15) is 0 Å².